The van der Waals surface area contributed by atoms with Crippen LogP contribution < -0.4 is 5.32 Å². The largest absolute Gasteiger partial charge is 0.354 e. The van der Waals surface area contributed by atoms with Crippen LogP contribution in [0.4, 0.5) is 0 Å². The van der Waals surface area contributed by atoms with Crippen LogP contribution in [0.1, 0.15) is 12.5 Å². The third-order valence-electron chi connectivity index (χ3n) is 3.05. The molecule has 3 nitrogen and oxygen atoms in total. The summed E-state index contributed by atoms with van der Waals surface area (Å²) in [5.74, 6) is 0. The van der Waals surface area contributed by atoms with Crippen molar-refractivity contribution >= 4 is 21.4 Å². The van der Waals surface area contributed by atoms with E-state index in [0.717, 1.165) is 6.54 Å². The number of hydrogen-bond acceptors (Lipinski definition) is 4. The molecule has 0 amide bonds. The molecule has 1 heterocycles. The fourth-order valence-electron chi connectivity index (χ4n) is 2.04. The summed E-state index contributed by atoms with van der Waals surface area (Å²) in [7, 11) is 3.32. The van der Waals surface area contributed by atoms with Gasteiger partial charge in [-0.15, -0.1) is 11.3 Å². The van der Waals surface area contributed by atoms with E-state index in [1.807, 2.05) is 0 Å². The Hall–Kier alpha value is -0.940. The maximum atomic E-state index is 5.24. The Morgan fingerprint density at radius 3 is 2.67 bits per heavy atom. The number of ether oxygens (including phenoxy) is 2. The number of rotatable bonds is 6. The lowest BCUT2D eigenvalue weighted by Gasteiger charge is -2.22. The van der Waals surface area contributed by atoms with Gasteiger partial charge in [0.2, 0.25) is 0 Å². The van der Waals surface area contributed by atoms with Gasteiger partial charge in [-0.3, -0.25) is 0 Å². The zero-order valence-corrected chi connectivity index (χ0v) is 11.8. The number of methoxy groups -OCH3 is 2. The van der Waals surface area contributed by atoms with Crippen molar-refractivity contribution < 1.29 is 9.47 Å². The topological polar surface area (TPSA) is 30.5 Å². The smallest absolute Gasteiger partial charge is 0.171 e. The van der Waals surface area contributed by atoms with Gasteiger partial charge in [0.25, 0.3) is 0 Å². The average Bonchev–Trinajstić information content (AvgIpc) is 2.81. The minimum Gasteiger partial charge on any atom is -0.354 e. The Labute approximate surface area is 112 Å². The highest BCUT2D eigenvalue weighted by Gasteiger charge is 2.15. The Kier molecular flexibility index (Phi) is 4.72. The monoisotopic (exact) mass is 265 g/mol. The molecule has 1 N–H and O–H groups in total. The normalized spacial score (nSPS) is 13.3. The molecule has 0 saturated heterocycles. The van der Waals surface area contributed by atoms with Crippen molar-refractivity contribution in [3.8, 4) is 0 Å². The number of nitrogens with one attached hydrogen (secondary N) is 1. The zero-order valence-electron chi connectivity index (χ0n) is 11.0. The summed E-state index contributed by atoms with van der Waals surface area (Å²) < 4.78 is 11.8. The molecule has 1 atom stereocenters. The van der Waals surface area contributed by atoms with Gasteiger partial charge in [0.15, 0.2) is 6.29 Å². The van der Waals surface area contributed by atoms with Crippen LogP contribution in [0.3, 0.4) is 0 Å². The van der Waals surface area contributed by atoms with Crippen LogP contribution in [-0.2, 0) is 16.0 Å². The molecular weight excluding hydrogens is 246 g/mol. The van der Waals surface area contributed by atoms with Gasteiger partial charge >= 0.3 is 0 Å². The highest BCUT2D eigenvalue weighted by molar-refractivity contribution is 7.17. The van der Waals surface area contributed by atoms with E-state index >= 15 is 0 Å². The van der Waals surface area contributed by atoms with Crippen LogP contribution in [0, 0.1) is 0 Å². The molecule has 4 heteroatoms. The second-order valence-electron chi connectivity index (χ2n) is 4.27. The van der Waals surface area contributed by atoms with Crippen molar-refractivity contribution in [2.24, 2.45) is 0 Å². The number of thiophene rings is 1. The van der Waals surface area contributed by atoms with Crippen molar-refractivity contribution in [3.05, 3.63) is 35.2 Å². The van der Waals surface area contributed by atoms with Crippen LogP contribution in [0.15, 0.2) is 29.6 Å². The third-order valence-corrected chi connectivity index (χ3v) is 4.06. The van der Waals surface area contributed by atoms with E-state index in [0.29, 0.717) is 0 Å². The van der Waals surface area contributed by atoms with Crippen molar-refractivity contribution in [1.82, 2.24) is 5.32 Å². The second-order valence-corrected chi connectivity index (χ2v) is 5.18. The molecule has 0 aliphatic carbocycles. The van der Waals surface area contributed by atoms with Crippen molar-refractivity contribution in [2.45, 2.75) is 25.8 Å². The Morgan fingerprint density at radius 1 is 1.22 bits per heavy atom. The summed E-state index contributed by atoms with van der Waals surface area (Å²) in [6.07, 6.45) is -0.213. The molecule has 2 rings (SSSR count). The molecule has 0 spiro atoms. The van der Waals surface area contributed by atoms with Gasteiger partial charge in [-0.2, -0.15) is 0 Å². The summed E-state index contributed by atoms with van der Waals surface area (Å²) in [5, 5.41) is 6.97. The molecule has 0 saturated carbocycles. The first-order valence-electron chi connectivity index (χ1n) is 6.00. The first-order valence-corrected chi connectivity index (χ1v) is 6.88. The van der Waals surface area contributed by atoms with Crippen LogP contribution >= 0.6 is 11.3 Å². The summed E-state index contributed by atoms with van der Waals surface area (Å²) in [4.78, 5) is 0. The highest BCUT2D eigenvalue weighted by Crippen LogP contribution is 2.25. The van der Waals surface area contributed by atoms with Gasteiger partial charge in [-0.05, 0) is 29.3 Å². The van der Waals surface area contributed by atoms with Gasteiger partial charge in [0.1, 0.15) is 0 Å². The molecular formula is C14H19NO2S. The molecule has 1 unspecified atom stereocenters. The lowest BCUT2D eigenvalue weighted by atomic mass is 10.1. The second kappa shape index (κ2) is 6.29. The summed E-state index contributed by atoms with van der Waals surface area (Å²) in [6.45, 7) is 2.89. The SMILES string of the molecule is COC(OC)C(C)NCc1csc2ccccc12. The van der Waals surface area contributed by atoms with E-state index < -0.39 is 0 Å². The number of benzene rings is 1. The summed E-state index contributed by atoms with van der Waals surface area (Å²) >= 11 is 1.78. The van der Waals surface area contributed by atoms with Gasteiger partial charge in [0.05, 0.1) is 6.04 Å². The molecule has 0 aliphatic heterocycles. The van der Waals surface area contributed by atoms with E-state index in [1.54, 1.807) is 25.6 Å². The van der Waals surface area contributed by atoms with Crippen LogP contribution in [0.5, 0.6) is 0 Å². The number of hydrogen-bond donors (Lipinski definition) is 1. The standard InChI is InChI=1S/C14H19NO2S/c1-10(14(16-2)17-3)15-8-11-9-18-13-7-5-4-6-12(11)13/h4-7,9-10,14-15H,8H2,1-3H3. The predicted octanol–water partition coefficient (Wildman–Crippen LogP) is 3.00. The first kappa shape index (κ1) is 13.5. The van der Waals surface area contributed by atoms with Gasteiger partial charge < -0.3 is 14.8 Å². The van der Waals surface area contributed by atoms with E-state index in [2.05, 4.69) is 41.9 Å². The van der Waals surface area contributed by atoms with Gasteiger partial charge in [-0.25, -0.2) is 0 Å². The Morgan fingerprint density at radius 2 is 1.94 bits per heavy atom. The Bertz CT molecular complexity index is 493. The lowest BCUT2D eigenvalue weighted by molar-refractivity contribution is -0.119. The maximum Gasteiger partial charge on any atom is 0.171 e. The third kappa shape index (κ3) is 2.90. The molecule has 0 fully saturated rings. The molecule has 1 aromatic carbocycles. The van der Waals surface area contributed by atoms with E-state index in [4.69, 9.17) is 9.47 Å². The summed E-state index contributed by atoms with van der Waals surface area (Å²) in [5.41, 5.74) is 1.33. The Balaban J connectivity index is 2.02. The summed E-state index contributed by atoms with van der Waals surface area (Å²) in [6, 6.07) is 8.62. The lowest BCUT2D eigenvalue weighted by Crippen LogP contribution is -2.39. The highest BCUT2D eigenvalue weighted by atomic mass is 32.1. The number of fused-ring (bicyclic) bond motifs is 1. The first-order chi connectivity index (χ1) is 8.76. The molecule has 2 aromatic rings. The quantitative estimate of drug-likeness (QED) is 0.814. The van der Waals surface area contributed by atoms with Crippen molar-refractivity contribution in [2.75, 3.05) is 14.2 Å². The fraction of sp³-hybridized carbons (Fsp3) is 0.429. The molecule has 0 bridgehead atoms. The molecule has 0 radical (unpaired) electrons. The predicted molar refractivity (Wildman–Crippen MR) is 75.9 cm³/mol. The van der Waals surface area contributed by atoms with E-state index in [1.165, 1.54) is 15.6 Å². The van der Waals surface area contributed by atoms with Crippen LogP contribution in [0.2, 0.25) is 0 Å². The molecule has 18 heavy (non-hydrogen) atoms. The maximum absolute atomic E-state index is 5.24. The van der Waals surface area contributed by atoms with Gasteiger partial charge in [0, 0.05) is 25.5 Å². The van der Waals surface area contributed by atoms with E-state index in [9.17, 15) is 0 Å². The molecule has 1 aromatic heterocycles. The average molecular weight is 265 g/mol. The minimum absolute atomic E-state index is 0.152. The van der Waals surface area contributed by atoms with Crippen LogP contribution in [-0.4, -0.2) is 26.6 Å². The molecule has 98 valence electrons. The fourth-order valence-corrected chi connectivity index (χ4v) is 3.00. The van der Waals surface area contributed by atoms with Gasteiger partial charge in [-0.1, -0.05) is 18.2 Å². The van der Waals surface area contributed by atoms with Crippen LogP contribution in [0.25, 0.3) is 10.1 Å². The minimum atomic E-state index is -0.213. The van der Waals surface area contributed by atoms with Crippen molar-refractivity contribution in [3.63, 3.8) is 0 Å². The van der Waals surface area contributed by atoms with E-state index in [-0.39, 0.29) is 12.3 Å². The zero-order chi connectivity index (χ0) is 13.0. The van der Waals surface area contributed by atoms with Crippen molar-refractivity contribution in [1.29, 1.82) is 0 Å². The molecule has 0 aliphatic rings.